The van der Waals surface area contributed by atoms with Gasteiger partial charge in [0.05, 0.1) is 0 Å². The summed E-state index contributed by atoms with van der Waals surface area (Å²) in [6.45, 7) is 7.96. The van der Waals surface area contributed by atoms with E-state index in [1.54, 1.807) is 6.07 Å². The van der Waals surface area contributed by atoms with Crippen LogP contribution in [0.4, 0.5) is 10.1 Å². The van der Waals surface area contributed by atoms with Crippen molar-refractivity contribution in [2.75, 3.05) is 5.32 Å². The van der Waals surface area contributed by atoms with Crippen molar-refractivity contribution in [2.45, 2.75) is 39.8 Å². The van der Waals surface area contributed by atoms with Crippen molar-refractivity contribution in [2.24, 2.45) is 0 Å². The van der Waals surface area contributed by atoms with E-state index in [2.05, 4.69) is 5.32 Å². The molecule has 0 saturated carbocycles. The van der Waals surface area contributed by atoms with Crippen LogP contribution in [0, 0.1) is 5.82 Å². The number of carbonyl (C=O) groups excluding carboxylic acids is 1. The second kappa shape index (κ2) is 6.82. The molecule has 2 rings (SSSR count). The molecule has 122 valence electrons. The highest BCUT2D eigenvalue weighted by molar-refractivity contribution is 5.94. The third kappa shape index (κ3) is 5.40. The number of hydrogen-bond donors (Lipinski definition) is 1. The van der Waals surface area contributed by atoms with Crippen LogP contribution >= 0.6 is 0 Å². The van der Waals surface area contributed by atoms with Gasteiger partial charge in [0, 0.05) is 17.8 Å². The van der Waals surface area contributed by atoms with E-state index in [1.807, 2.05) is 45.0 Å². The van der Waals surface area contributed by atoms with Crippen molar-refractivity contribution in [3.8, 4) is 5.75 Å². The lowest BCUT2D eigenvalue weighted by atomic mass is 10.1. The monoisotopic (exact) mass is 315 g/mol. The van der Waals surface area contributed by atoms with Gasteiger partial charge in [0.2, 0.25) is 0 Å². The molecule has 0 saturated heterocycles. The Hall–Kier alpha value is -2.36. The van der Waals surface area contributed by atoms with Gasteiger partial charge in [-0.25, -0.2) is 4.39 Å². The number of carbonyl (C=O) groups is 1. The van der Waals surface area contributed by atoms with Gasteiger partial charge in [0.1, 0.15) is 17.2 Å². The predicted molar refractivity (Wildman–Crippen MR) is 90.6 cm³/mol. The molecule has 0 aliphatic rings. The van der Waals surface area contributed by atoms with E-state index in [1.165, 1.54) is 19.1 Å². The van der Waals surface area contributed by atoms with Gasteiger partial charge in [-0.05, 0) is 63.6 Å². The highest BCUT2D eigenvalue weighted by Crippen LogP contribution is 2.20. The van der Waals surface area contributed by atoms with Crippen molar-refractivity contribution < 1.29 is 13.9 Å². The maximum absolute atomic E-state index is 13.5. The smallest absolute Gasteiger partial charge is 0.159 e. The minimum atomic E-state index is -0.422. The van der Waals surface area contributed by atoms with Gasteiger partial charge in [0.25, 0.3) is 0 Å². The second-order valence-corrected chi connectivity index (χ2v) is 6.50. The molecule has 2 aromatic carbocycles. The molecule has 0 aliphatic heterocycles. The number of anilines is 1. The maximum atomic E-state index is 13.5. The highest BCUT2D eigenvalue weighted by Gasteiger charge is 2.11. The molecule has 0 radical (unpaired) electrons. The van der Waals surface area contributed by atoms with E-state index in [0.29, 0.717) is 17.8 Å². The zero-order valence-electron chi connectivity index (χ0n) is 13.9. The summed E-state index contributed by atoms with van der Waals surface area (Å²) in [5, 5.41) is 3.13. The molecule has 0 aliphatic carbocycles. The first-order chi connectivity index (χ1) is 10.7. The third-order valence-electron chi connectivity index (χ3n) is 3.15. The number of benzene rings is 2. The van der Waals surface area contributed by atoms with Crippen LogP contribution < -0.4 is 10.1 Å². The summed E-state index contributed by atoms with van der Waals surface area (Å²) >= 11 is 0. The van der Waals surface area contributed by atoms with E-state index in [4.69, 9.17) is 4.74 Å². The molecule has 3 nitrogen and oxygen atoms in total. The van der Waals surface area contributed by atoms with E-state index in [-0.39, 0.29) is 11.4 Å². The fourth-order valence-corrected chi connectivity index (χ4v) is 2.13. The quantitative estimate of drug-likeness (QED) is 0.804. The molecule has 0 bridgehead atoms. The Kier molecular flexibility index (Phi) is 5.04. The third-order valence-corrected chi connectivity index (χ3v) is 3.15. The molecule has 1 N–H and O–H groups in total. The minimum absolute atomic E-state index is 0.156. The van der Waals surface area contributed by atoms with Gasteiger partial charge in [-0.2, -0.15) is 0 Å². The second-order valence-electron chi connectivity index (χ2n) is 6.50. The molecule has 0 fully saturated rings. The summed E-state index contributed by atoms with van der Waals surface area (Å²) in [4.78, 5) is 11.4. The Morgan fingerprint density at radius 3 is 2.35 bits per heavy atom. The molecular formula is C19H22FNO2. The van der Waals surface area contributed by atoms with Crippen molar-refractivity contribution >= 4 is 11.5 Å². The van der Waals surface area contributed by atoms with Crippen LogP contribution in [0.1, 0.15) is 43.6 Å². The zero-order valence-corrected chi connectivity index (χ0v) is 13.9. The minimum Gasteiger partial charge on any atom is -0.488 e. The summed E-state index contributed by atoms with van der Waals surface area (Å²) in [7, 11) is 0. The number of hydrogen-bond acceptors (Lipinski definition) is 3. The van der Waals surface area contributed by atoms with Crippen molar-refractivity contribution in [3.63, 3.8) is 0 Å². The summed E-state index contributed by atoms with van der Waals surface area (Å²) in [6.07, 6.45) is 0. The van der Waals surface area contributed by atoms with Gasteiger partial charge in [0.15, 0.2) is 5.78 Å². The van der Waals surface area contributed by atoms with E-state index < -0.39 is 5.82 Å². The van der Waals surface area contributed by atoms with Crippen LogP contribution in [0.3, 0.4) is 0 Å². The van der Waals surface area contributed by atoms with E-state index in [9.17, 15) is 9.18 Å². The van der Waals surface area contributed by atoms with Crippen LogP contribution in [-0.2, 0) is 6.54 Å². The normalized spacial score (nSPS) is 11.2. The molecule has 0 amide bonds. The first-order valence-electron chi connectivity index (χ1n) is 7.56. The fourth-order valence-electron chi connectivity index (χ4n) is 2.13. The molecule has 23 heavy (non-hydrogen) atoms. The molecule has 0 atom stereocenters. The van der Waals surface area contributed by atoms with Crippen LogP contribution in [0.25, 0.3) is 0 Å². The molecule has 4 heteroatoms. The van der Waals surface area contributed by atoms with Gasteiger partial charge >= 0.3 is 0 Å². The summed E-state index contributed by atoms with van der Waals surface area (Å²) in [5.41, 5.74) is 1.76. The number of halogens is 1. The number of ketones is 1. The molecule has 0 unspecified atom stereocenters. The summed E-state index contributed by atoms with van der Waals surface area (Å²) in [5.74, 6) is 0.233. The Balaban J connectivity index is 2.02. The lowest BCUT2D eigenvalue weighted by molar-refractivity contribution is 0.101. The van der Waals surface area contributed by atoms with E-state index >= 15 is 0 Å². The Labute approximate surface area is 136 Å². The number of nitrogens with one attached hydrogen (secondary N) is 1. The molecule has 2 aromatic rings. The zero-order chi connectivity index (χ0) is 17.0. The number of Topliss-reactive ketones (excluding diaryl/α,β-unsaturated/α-hetero) is 1. The Morgan fingerprint density at radius 2 is 1.78 bits per heavy atom. The van der Waals surface area contributed by atoms with Crippen LogP contribution in [-0.4, -0.2) is 11.4 Å². The Morgan fingerprint density at radius 1 is 1.13 bits per heavy atom. The molecule has 0 aromatic heterocycles. The highest BCUT2D eigenvalue weighted by atomic mass is 19.1. The molecular weight excluding hydrogens is 293 g/mol. The SMILES string of the molecule is CC(=O)c1cc(F)cc(NCc2ccc(OC(C)(C)C)cc2)c1. The molecule has 0 spiro atoms. The standard InChI is InChI=1S/C19H22FNO2/c1-13(22)15-9-16(20)11-17(10-15)21-12-14-5-7-18(8-6-14)23-19(2,3)4/h5-11,21H,12H2,1-4H3. The van der Waals surface area contributed by atoms with Crippen molar-refractivity contribution in [1.82, 2.24) is 0 Å². The fraction of sp³-hybridized carbons (Fsp3) is 0.316. The van der Waals surface area contributed by atoms with Crippen LogP contribution in [0.5, 0.6) is 5.75 Å². The van der Waals surface area contributed by atoms with E-state index in [0.717, 1.165) is 11.3 Å². The number of ether oxygens (including phenoxy) is 1. The first-order valence-corrected chi connectivity index (χ1v) is 7.56. The summed E-state index contributed by atoms with van der Waals surface area (Å²) < 4.78 is 19.3. The topological polar surface area (TPSA) is 38.3 Å². The van der Waals surface area contributed by atoms with Gasteiger partial charge in [-0.3, -0.25) is 4.79 Å². The Bertz CT molecular complexity index is 688. The van der Waals surface area contributed by atoms with Crippen LogP contribution in [0.15, 0.2) is 42.5 Å². The average molecular weight is 315 g/mol. The molecule has 0 heterocycles. The number of rotatable bonds is 5. The predicted octanol–water partition coefficient (Wildman–Crippen LogP) is 4.82. The largest absolute Gasteiger partial charge is 0.488 e. The first kappa shape index (κ1) is 17.0. The van der Waals surface area contributed by atoms with Crippen molar-refractivity contribution in [1.29, 1.82) is 0 Å². The van der Waals surface area contributed by atoms with Gasteiger partial charge in [-0.15, -0.1) is 0 Å². The van der Waals surface area contributed by atoms with Gasteiger partial charge < -0.3 is 10.1 Å². The average Bonchev–Trinajstić information content (AvgIpc) is 2.44. The maximum Gasteiger partial charge on any atom is 0.159 e. The van der Waals surface area contributed by atoms with Gasteiger partial charge in [-0.1, -0.05) is 12.1 Å². The van der Waals surface area contributed by atoms with Crippen LogP contribution in [0.2, 0.25) is 0 Å². The summed E-state index contributed by atoms with van der Waals surface area (Å²) in [6, 6.07) is 12.0. The lowest BCUT2D eigenvalue weighted by Gasteiger charge is -2.21. The van der Waals surface area contributed by atoms with Crippen molar-refractivity contribution in [3.05, 3.63) is 59.4 Å². The lowest BCUT2D eigenvalue weighted by Crippen LogP contribution is -2.22.